The summed E-state index contributed by atoms with van der Waals surface area (Å²) in [5.41, 5.74) is 4.70. The van der Waals surface area contributed by atoms with E-state index in [-0.39, 0.29) is 17.3 Å². The molecule has 0 aliphatic carbocycles. The smallest absolute Gasteiger partial charge is 0.243 e. The van der Waals surface area contributed by atoms with Crippen LogP contribution < -0.4 is 15.4 Å². The zero-order valence-corrected chi connectivity index (χ0v) is 16.5. The number of sulfonamides is 1. The van der Waals surface area contributed by atoms with Gasteiger partial charge >= 0.3 is 0 Å². The molecule has 6 nitrogen and oxygen atoms in total. The number of carbonyl (C=O) groups is 1. The molecule has 0 atom stereocenters. The van der Waals surface area contributed by atoms with Gasteiger partial charge in [-0.1, -0.05) is 42.5 Å². The first kappa shape index (κ1) is 19.2. The lowest BCUT2D eigenvalue weighted by Gasteiger charge is -2.19. The Bertz CT molecular complexity index is 1140. The Morgan fingerprint density at radius 1 is 0.966 bits per heavy atom. The Labute approximate surface area is 170 Å². The molecule has 0 saturated heterocycles. The van der Waals surface area contributed by atoms with Gasteiger partial charge in [0.15, 0.2) is 0 Å². The second-order valence-electron chi connectivity index (χ2n) is 7.00. The van der Waals surface area contributed by atoms with Crippen LogP contribution in [0.25, 0.3) is 11.1 Å². The van der Waals surface area contributed by atoms with Gasteiger partial charge in [0.05, 0.1) is 11.4 Å². The molecule has 0 radical (unpaired) electrons. The highest BCUT2D eigenvalue weighted by Crippen LogP contribution is 2.29. The minimum atomic E-state index is -3.73. The number of benzene rings is 3. The number of fused-ring (bicyclic) bond motifs is 1. The van der Waals surface area contributed by atoms with E-state index >= 15 is 0 Å². The predicted octanol–water partition coefficient (Wildman–Crippen LogP) is 3.00. The van der Waals surface area contributed by atoms with Crippen LogP contribution in [0.4, 0.5) is 11.4 Å². The summed E-state index contributed by atoms with van der Waals surface area (Å²) in [6.45, 7) is 0.853. The third kappa shape index (κ3) is 4.31. The van der Waals surface area contributed by atoms with E-state index in [9.17, 15) is 13.2 Å². The van der Waals surface area contributed by atoms with Crippen molar-refractivity contribution < 1.29 is 13.2 Å². The van der Waals surface area contributed by atoms with Crippen molar-refractivity contribution in [2.24, 2.45) is 5.14 Å². The Morgan fingerprint density at radius 3 is 2.34 bits per heavy atom. The van der Waals surface area contributed by atoms with E-state index in [0.717, 1.165) is 28.1 Å². The number of nitrogens with zero attached hydrogens (tertiary/aromatic N) is 1. The topological polar surface area (TPSA) is 92.5 Å². The molecule has 0 fully saturated rings. The van der Waals surface area contributed by atoms with Crippen molar-refractivity contribution in [3.05, 3.63) is 78.4 Å². The monoisotopic (exact) mass is 407 g/mol. The van der Waals surface area contributed by atoms with Crippen LogP contribution >= 0.6 is 0 Å². The lowest BCUT2D eigenvalue weighted by molar-refractivity contribution is -0.115. The highest BCUT2D eigenvalue weighted by molar-refractivity contribution is 7.89. The Morgan fingerprint density at radius 2 is 1.66 bits per heavy atom. The van der Waals surface area contributed by atoms with Gasteiger partial charge in [-0.05, 0) is 53.4 Å². The third-order valence-electron chi connectivity index (χ3n) is 4.98. The highest BCUT2D eigenvalue weighted by atomic mass is 32.2. The first-order chi connectivity index (χ1) is 13.9. The maximum atomic E-state index is 12.5. The van der Waals surface area contributed by atoms with Crippen molar-refractivity contribution in [2.45, 2.75) is 11.3 Å². The number of rotatable bonds is 5. The standard InChI is InChI=1S/C22H21N3O3S/c23-29(27,28)20-10-11-21-18(14-20)12-13-25(21)15-22(26)24-19-8-6-17(7-9-19)16-4-2-1-3-5-16/h1-11,14H,12-13,15H2,(H,24,26)(H2,23,27,28). The van der Waals surface area contributed by atoms with E-state index in [2.05, 4.69) is 5.32 Å². The molecular weight excluding hydrogens is 386 g/mol. The van der Waals surface area contributed by atoms with Crippen molar-refractivity contribution in [3.8, 4) is 11.1 Å². The number of amides is 1. The van der Waals surface area contributed by atoms with Crippen molar-refractivity contribution >= 4 is 27.3 Å². The number of nitrogens with two attached hydrogens (primary N) is 1. The highest BCUT2D eigenvalue weighted by Gasteiger charge is 2.23. The minimum absolute atomic E-state index is 0.0982. The summed E-state index contributed by atoms with van der Waals surface area (Å²) in [5, 5.41) is 8.11. The van der Waals surface area contributed by atoms with E-state index in [1.54, 1.807) is 12.1 Å². The summed E-state index contributed by atoms with van der Waals surface area (Å²) >= 11 is 0. The Hall–Kier alpha value is -3.16. The van der Waals surface area contributed by atoms with E-state index in [1.165, 1.54) is 6.07 Å². The normalized spacial score (nSPS) is 13.2. The van der Waals surface area contributed by atoms with E-state index in [4.69, 9.17) is 5.14 Å². The van der Waals surface area contributed by atoms with Crippen LogP contribution in [-0.2, 0) is 21.2 Å². The summed E-state index contributed by atoms with van der Waals surface area (Å²) < 4.78 is 23.0. The molecule has 1 aliphatic heterocycles. The van der Waals surface area contributed by atoms with Crippen LogP contribution in [0.5, 0.6) is 0 Å². The number of hydrogen-bond acceptors (Lipinski definition) is 4. The van der Waals surface area contributed by atoms with E-state index < -0.39 is 10.0 Å². The van der Waals surface area contributed by atoms with Gasteiger partial charge in [-0.2, -0.15) is 0 Å². The fourth-order valence-electron chi connectivity index (χ4n) is 3.54. The van der Waals surface area contributed by atoms with Crippen LogP contribution in [0.1, 0.15) is 5.56 Å². The third-order valence-corrected chi connectivity index (χ3v) is 5.89. The maximum Gasteiger partial charge on any atom is 0.243 e. The number of nitrogens with one attached hydrogen (secondary N) is 1. The Kier molecular flexibility index (Phi) is 5.08. The average Bonchev–Trinajstić information content (AvgIpc) is 3.10. The van der Waals surface area contributed by atoms with Gasteiger partial charge in [0.1, 0.15) is 0 Å². The molecule has 1 amide bonds. The molecular formula is C22H21N3O3S. The molecule has 4 rings (SSSR count). The van der Waals surface area contributed by atoms with Crippen LogP contribution in [0, 0.1) is 0 Å². The first-order valence-corrected chi connectivity index (χ1v) is 10.8. The average molecular weight is 407 g/mol. The van der Waals surface area contributed by atoms with Gasteiger partial charge in [-0.25, -0.2) is 13.6 Å². The summed E-state index contributed by atoms with van der Waals surface area (Å²) in [7, 11) is -3.73. The number of primary sulfonamides is 1. The van der Waals surface area contributed by atoms with Crippen LogP contribution in [0.3, 0.4) is 0 Å². The van der Waals surface area contributed by atoms with Gasteiger partial charge < -0.3 is 10.2 Å². The molecule has 0 aromatic heterocycles. The van der Waals surface area contributed by atoms with Gasteiger partial charge in [-0.15, -0.1) is 0 Å². The largest absolute Gasteiger partial charge is 0.362 e. The molecule has 1 heterocycles. The molecule has 0 spiro atoms. The number of hydrogen-bond donors (Lipinski definition) is 2. The molecule has 3 N–H and O–H groups in total. The van der Waals surface area contributed by atoms with E-state index in [1.807, 2.05) is 59.5 Å². The lowest BCUT2D eigenvalue weighted by atomic mass is 10.1. The summed E-state index contributed by atoms with van der Waals surface area (Å²) in [4.78, 5) is 14.5. The number of carbonyl (C=O) groups excluding carboxylic acids is 1. The Balaban J connectivity index is 1.41. The molecule has 0 unspecified atom stereocenters. The fourth-order valence-corrected chi connectivity index (χ4v) is 4.10. The van der Waals surface area contributed by atoms with Crippen molar-refractivity contribution in [3.63, 3.8) is 0 Å². The van der Waals surface area contributed by atoms with Crippen molar-refractivity contribution in [2.75, 3.05) is 23.3 Å². The second kappa shape index (κ2) is 7.69. The van der Waals surface area contributed by atoms with Crippen molar-refractivity contribution in [1.82, 2.24) is 0 Å². The molecule has 1 aliphatic rings. The van der Waals surface area contributed by atoms with Crippen LogP contribution in [0.15, 0.2) is 77.7 Å². The molecule has 29 heavy (non-hydrogen) atoms. The van der Waals surface area contributed by atoms with Crippen LogP contribution in [-0.4, -0.2) is 27.4 Å². The molecule has 0 bridgehead atoms. The summed E-state index contributed by atoms with van der Waals surface area (Å²) in [6, 6.07) is 22.5. The maximum absolute atomic E-state index is 12.5. The van der Waals surface area contributed by atoms with Gasteiger partial charge in [-0.3, -0.25) is 4.79 Å². The molecule has 0 saturated carbocycles. The summed E-state index contributed by atoms with van der Waals surface area (Å²) in [6.07, 6.45) is 0.678. The fraction of sp³-hybridized carbons (Fsp3) is 0.136. The first-order valence-electron chi connectivity index (χ1n) is 9.26. The minimum Gasteiger partial charge on any atom is -0.362 e. The van der Waals surface area contributed by atoms with Gasteiger partial charge in [0, 0.05) is 17.9 Å². The molecule has 7 heteroatoms. The lowest BCUT2D eigenvalue weighted by Crippen LogP contribution is -2.31. The van der Waals surface area contributed by atoms with Crippen LogP contribution in [0.2, 0.25) is 0 Å². The molecule has 148 valence electrons. The zero-order valence-electron chi connectivity index (χ0n) is 15.7. The van der Waals surface area contributed by atoms with Gasteiger partial charge in [0.2, 0.25) is 15.9 Å². The summed E-state index contributed by atoms with van der Waals surface area (Å²) in [5.74, 6) is -0.124. The SMILES string of the molecule is NS(=O)(=O)c1ccc2c(c1)CCN2CC(=O)Nc1ccc(-c2ccccc2)cc1. The van der Waals surface area contributed by atoms with Crippen molar-refractivity contribution in [1.29, 1.82) is 0 Å². The second-order valence-corrected chi connectivity index (χ2v) is 8.56. The number of anilines is 2. The van der Waals surface area contributed by atoms with Gasteiger partial charge in [0.25, 0.3) is 0 Å². The quantitative estimate of drug-likeness (QED) is 0.680. The predicted molar refractivity (Wildman–Crippen MR) is 114 cm³/mol. The van der Waals surface area contributed by atoms with E-state index in [0.29, 0.717) is 13.0 Å². The molecule has 3 aromatic rings. The zero-order chi connectivity index (χ0) is 20.4. The molecule has 3 aromatic carbocycles.